The van der Waals surface area contributed by atoms with Crippen molar-refractivity contribution < 1.29 is 9.15 Å². The maximum atomic E-state index is 13.6. The van der Waals surface area contributed by atoms with Crippen LogP contribution in [0.2, 0.25) is 5.02 Å². The Bertz CT molecular complexity index is 1530. The monoisotopic (exact) mass is 518 g/mol. The van der Waals surface area contributed by atoms with Crippen LogP contribution in [0.5, 0.6) is 0 Å². The molecule has 0 amide bonds. The molecule has 0 unspecified atom stereocenters. The van der Waals surface area contributed by atoms with Gasteiger partial charge in [-0.1, -0.05) is 35.4 Å². The number of hydrogen-bond acceptors (Lipinski definition) is 7. The van der Waals surface area contributed by atoms with Crippen LogP contribution in [0.3, 0.4) is 0 Å². The van der Waals surface area contributed by atoms with Crippen LogP contribution in [0.25, 0.3) is 10.9 Å². The second-order valence-corrected chi connectivity index (χ2v) is 9.35. The van der Waals surface area contributed by atoms with Gasteiger partial charge >= 0.3 is 0 Å². The van der Waals surface area contributed by atoms with Crippen LogP contribution < -0.4 is 5.56 Å². The van der Waals surface area contributed by atoms with Gasteiger partial charge in [-0.25, -0.2) is 4.68 Å². The summed E-state index contributed by atoms with van der Waals surface area (Å²) in [6.45, 7) is 3.80. The minimum Gasteiger partial charge on any atom is -0.468 e. The largest absolute Gasteiger partial charge is 0.468 e. The lowest BCUT2D eigenvalue weighted by Crippen LogP contribution is -2.35. The second-order valence-electron chi connectivity index (χ2n) is 8.91. The molecule has 37 heavy (non-hydrogen) atoms. The van der Waals surface area contributed by atoms with Crippen LogP contribution in [0.4, 0.5) is 0 Å². The molecular formula is C27H27ClN6O3. The van der Waals surface area contributed by atoms with E-state index in [0.29, 0.717) is 42.7 Å². The van der Waals surface area contributed by atoms with E-state index in [9.17, 15) is 4.79 Å². The van der Waals surface area contributed by atoms with Gasteiger partial charge in [0, 0.05) is 29.8 Å². The number of nitrogens with one attached hydrogen (secondary N) is 1. The van der Waals surface area contributed by atoms with Crippen LogP contribution in [0.1, 0.15) is 34.3 Å². The number of halogens is 1. The van der Waals surface area contributed by atoms with E-state index in [1.807, 2.05) is 61.5 Å². The van der Waals surface area contributed by atoms with Crippen molar-refractivity contribution in [2.75, 3.05) is 13.7 Å². The zero-order valence-corrected chi connectivity index (χ0v) is 21.4. The summed E-state index contributed by atoms with van der Waals surface area (Å²) in [5.74, 6) is 1.29. The molecule has 0 aliphatic carbocycles. The Morgan fingerprint density at radius 2 is 1.97 bits per heavy atom. The smallest absolute Gasteiger partial charge is 0.253 e. The first kappa shape index (κ1) is 24.9. The third-order valence-corrected chi connectivity index (χ3v) is 6.49. The summed E-state index contributed by atoms with van der Waals surface area (Å²) in [6.07, 6.45) is 1.64. The van der Waals surface area contributed by atoms with Gasteiger partial charge in [-0.2, -0.15) is 0 Å². The number of H-pyrrole nitrogens is 1. The van der Waals surface area contributed by atoms with E-state index < -0.39 is 6.04 Å². The van der Waals surface area contributed by atoms with Crippen molar-refractivity contribution in [1.82, 2.24) is 30.1 Å². The molecular weight excluding hydrogens is 492 g/mol. The zero-order chi connectivity index (χ0) is 25.8. The van der Waals surface area contributed by atoms with E-state index in [1.165, 1.54) is 0 Å². The number of tetrazole rings is 1. The van der Waals surface area contributed by atoms with E-state index in [1.54, 1.807) is 18.1 Å². The summed E-state index contributed by atoms with van der Waals surface area (Å²) in [5, 5.41) is 14.1. The Labute approximate surface area is 218 Å². The molecule has 3 aromatic heterocycles. The minimum absolute atomic E-state index is 0.205. The fraction of sp³-hybridized carbons (Fsp3) is 0.259. The summed E-state index contributed by atoms with van der Waals surface area (Å²) >= 11 is 6.15. The standard InChI is InChI=1S/C27H27ClN6O3/c1-18-5-10-24-20(14-18)15-23(27(35)29-24)25(26-30-31-32-34(26)11-13-36-2)33(17-22-4-3-12-37-22)16-19-6-8-21(28)9-7-19/h3-10,12,14-15,25H,11,13,16-17H2,1-2H3,(H,29,35)/t25-/m0/s1. The summed E-state index contributed by atoms with van der Waals surface area (Å²) in [6, 6.07) is 18.7. The van der Waals surface area contributed by atoms with E-state index in [-0.39, 0.29) is 5.56 Å². The number of hydrogen-bond donors (Lipinski definition) is 1. The Morgan fingerprint density at radius 1 is 1.14 bits per heavy atom. The Hall–Kier alpha value is -3.79. The van der Waals surface area contributed by atoms with Crippen LogP contribution in [0, 0.1) is 6.92 Å². The van der Waals surface area contributed by atoms with E-state index in [4.69, 9.17) is 20.8 Å². The SMILES string of the molecule is COCCn1nnnc1[C@H](c1cc2cc(C)ccc2[nH]c1=O)N(Cc1ccc(Cl)cc1)Cc1ccco1. The van der Waals surface area contributed by atoms with Gasteiger partial charge in [-0.15, -0.1) is 5.10 Å². The van der Waals surface area contributed by atoms with Gasteiger partial charge in [0.2, 0.25) is 0 Å². The van der Waals surface area contributed by atoms with E-state index in [0.717, 1.165) is 27.8 Å². The molecule has 9 nitrogen and oxygen atoms in total. The first-order valence-electron chi connectivity index (χ1n) is 11.9. The molecule has 0 spiro atoms. The molecule has 5 rings (SSSR count). The molecule has 2 aromatic carbocycles. The predicted octanol–water partition coefficient (Wildman–Crippen LogP) is 4.51. The highest BCUT2D eigenvalue weighted by atomic mass is 35.5. The summed E-state index contributed by atoms with van der Waals surface area (Å²) in [7, 11) is 1.63. The average molecular weight is 519 g/mol. The number of benzene rings is 2. The van der Waals surface area contributed by atoms with E-state index >= 15 is 0 Å². The summed E-state index contributed by atoms with van der Waals surface area (Å²) in [4.78, 5) is 18.7. The first-order chi connectivity index (χ1) is 18.0. The molecule has 0 saturated heterocycles. The normalized spacial score (nSPS) is 12.4. The van der Waals surface area contributed by atoms with Crippen LogP contribution in [0.15, 0.2) is 76.1 Å². The van der Waals surface area contributed by atoms with Gasteiger partial charge in [-0.3, -0.25) is 9.69 Å². The van der Waals surface area contributed by atoms with E-state index in [2.05, 4.69) is 31.5 Å². The average Bonchev–Trinajstić information content (AvgIpc) is 3.57. The van der Waals surface area contributed by atoms with Gasteiger partial charge in [0.1, 0.15) is 11.8 Å². The number of pyridine rings is 1. The van der Waals surface area contributed by atoms with Crippen LogP contribution >= 0.6 is 11.6 Å². The number of aromatic amines is 1. The van der Waals surface area contributed by atoms with Gasteiger partial charge < -0.3 is 14.1 Å². The molecule has 0 fully saturated rings. The number of methoxy groups -OCH3 is 1. The fourth-order valence-electron chi connectivity index (χ4n) is 4.46. The van der Waals surface area contributed by atoms with Crippen molar-refractivity contribution in [3.63, 3.8) is 0 Å². The quantitative estimate of drug-likeness (QED) is 0.290. The van der Waals surface area contributed by atoms with Crippen molar-refractivity contribution in [2.24, 2.45) is 0 Å². The van der Waals surface area contributed by atoms with Crippen molar-refractivity contribution in [2.45, 2.75) is 32.6 Å². The van der Waals surface area contributed by atoms with Gasteiger partial charge in [0.05, 0.1) is 26.0 Å². The lowest BCUT2D eigenvalue weighted by Gasteiger charge is -2.30. The number of rotatable bonds is 10. The van der Waals surface area contributed by atoms with Gasteiger partial charge in [-0.05, 0) is 70.8 Å². The van der Waals surface area contributed by atoms with Crippen molar-refractivity contribution in [3.05, 3.63) is 111 Å². The van der Waals surface area contributed by atoms with Crippen LogP contribution in [-0.2, 0) is 24.4 Å². The van der Waals surface area contributed by atoms with Gasteiger partial charge in [0.15, 0.2) is 5.82 Å². The number of fused-ring (bicyclic) bond motifs is 1. The molecule has 0 aliphatic rings. The van der Waals surface area contributed by atoms with Crippen molar-refractivity contribution in [1.29, 1.82) is 0 Å². The lowest BCUT2D eigenvalue weighted by atomic mass is 10.0. The summed E-state index contributed by atoms with van der Waals surface area (Å²) in [5.41, 5.74) is 3.22. The molecule has 0 radical (unpaired) electrons. The van der Waals surface area contributed by atoms with Crippen molar-refractivity contribution >= 4 is 22.5 Å². The topological polar surface area (TPSA) is 102 Å². The Balaban J connectivity index is 1.68. The predicted molar refractivity (Wildman–Crippen MR) is 140 cm³/mol. The zero-order valence-electron chi connectivity index (χ0n) is 20.6. The molecule has 5 aromatic rings. The molecule has 190 valence electrons. The van der Waals surface area contributed by atoms with Crippen LogP contribution in [-0.4, -0.2) is 43.8 Å². The second kappa shape index (κ2) is 11.1. The number of ether oxygens (including phenoxy) is 1. The Kier molecular flexibility index (Phi) is 7.45. The number of furan rings is 1. The first-order valence-corrected chi connectivity index (χ1v) is 12.3. The maximum Gasteiger partial charge on any atom is 0.253 e. The number of aryl methyl sites for hydroxylation is 1. The molecule has 3 heterocycles. The molecule has 0 aliphatic heterocycles. The number of nitrogens with zero attached hydrogens (tertiary/aromatic N) is 5. The summed E-state index contributed by atoms with van der Waals surface area (Å²) < 4.78 is 12.7. The highest BCUT2D eigenvalue weighted by Crippen LogP contribution is 2.30. The highest BCUT2D eigenvalue weighted by Gasteiger charge is 2.31. The molecule has 0 bridgehead atoms. The molecule has 1 atom stereocenters. The Morgan fingerprint density at radius 3 is 2.73 bits per heavy atom. The third kappa shape index (κ3) is 5.64. The fourth-order valence-corrected chi connectivity index (χ4v) is 4.58. The lowest BCUT2D eigenvalue weighted by molar-refractivity contribution is 0.163. The third-order valence-electron chi connectivity index (χ3n) is 6.24. The molecule has 0 saturated carbocycles. The van der Waals surface area contributed by atoms with Crippen molar-refractivity contribution in [3.8, 4) is 0 Å². The molecule has 1 N–H and O–H groups in total. The highest BCUT2D eigenvalue weighted by molar-refractivity contribution is 6.30. The van der Waals surface area contributed by atoms with Gasteiger partial charge in [0.25, 0.3) is 5.56 Å². The minimum atomic E-state index is -0.582. The number of aromatic nitrogens is 5. The maximum absolute atomic E-state index is 13.6. The molecule has 10 heteroatoms.